The van der Waals surface area contributed by atoms with Gasteiger partial charge in [0.05, 0.1) is 39.2 Å². The van der Waals surface area contributed by atoms with Crippen molar-refractivity contribution in [2.24, 2.45) is 0 Å². The summed E-state index contributed by atoms with van der Waals surface area (Å²) in [5.41, 5.74) is 33.0. The Morgan fingerprint density at radius 2 is 0.955 bits per heavy atom. The Balaban J connectivity index is 0.000000185. The van der Waals surface area contributed by atoms with Crippen molar-refractivity contribution in [3.05, 3.63) is 147 Å². The first kappa shape index (κ1) is 48.8. The lowest BCUT2D eigenvalue weighted by atomic mass is 9.98. The average molecular weight is 926 g/mol. The number of aryl methyl sites for hydroxylation is 2. The first-order chi connectivity index (χ1) is 32.2. The number of benzene rings is 4. The average Bonchev–Trinajstić information content (AvgIpc) is 3.31. The SMILES string of the molecule is CNCc1cc(OC)cc(OC)c1.COc1cc(CN(C)c2nc3nc(N)nc(N)c3c(C)c2Cc2ccccc2)cc(OC)c1.Cc1c(Cc2ccccc2)c(Cl)nc2nc(N)nc(N)c12. The van der Waals surface area contributed by atoms with Crippen LogP contribution in [0.2, 0.25) is 5.15 Å². The fraction of sp³-hybridized carbons (Fsp3) is 0.240. The minimum absolute atomic E-state index is 0.0961. The summed E-state index contributed by atoms with van der Waals surface area (Å²) in [7, 11) is 10.5. The number of fused-ring (bicyclic) bond motifs is 2. The number of ether oxygens (including phenoxy) is 4. The van der Waals surface area contributed by atoms with Crippen LogP contribution in [0.5, 0.6) is 23.0 Å². The summed E-state index contributed by atoms with van der Waals surface area (Å²) in [4.78, 5) is 27.9. The van der Waals surface area contributed by atoms with Crippen LogP contribution in [0.25, 0.3) is 22.1 Å². The van der Waals surface area contributed by atoms with Gasteiger partial charge in [0.2, 0.25) is 11.9 Å². The van der Waals surface area contributed by atoms with E-state index in [1.165, 1.54) is 5.56 Å². The molecule has 4 aromatic heterocycles. The maximum atomic E-state index is 6.31. The topological polar surface area (TPSA) is 234 Å². The molecule has 0 amide bonds. The first-order valence-corrected chi connectivity index (χ1v) is 21.6. The third-order valence-corrected chi connectivity index (χ3v) is 11.2. The number of nitrogens with two attached hydrogens (primary N) is 4. The summed E-state index contributed by atoms with van der Waals surface area (Å²) in [6.07, 6.45) is 1.37. The molecule has 0 bridgehead atoms. The van der Waals surface area contributed by atoms with E-state index in [0.29, 0.717) is 52.9 Å². The second-order valence-corrected chi connectivity index (χ2v) is 15.9. The smallest absolute Gasteiger partial charge is 0.224 e. The summed E-state index contributed by atoms with van der Waals surface area (Å²) >= 11 is 6.31. The Bertz CT molecular complexity index is 2920. The summed E-state index contributed by atoms with van der Waals surface area (Å²) < 4.78 is 21.1. The van der Waals surface area contributed by atoms with Crippen molar-refractivity contribution in [3.8, 4) is 23.0 Å². The molecule has 0 radical (unpaired) electrons. The molecular formula is C50H57ClN12O4. The molecule has 17 heteroatoms. The van der Waals surface area contributed by atoms with Crippen molar-refractivity contribution in [1.29, 1.82) is 0 Å². The van der Waals surface area contributed by atoms with Gasteiger partial charge >= 0.3 is 0 Å². The Hall–Kier alpha value is -7.69. The molecule has 348 valence electrons. The van der Waals surface area contributed by atoms with Gasteiger partial charge < -0.3 is 52.1 Å². The number of hydrogen-bond donors (Lipinski definition) is 5. The Kier molecular flexibility index (Phi) is 16.4. The van der Waals surface area contributed by atoms with Crippen molar-refractivity contribution >= 4 is 63.0 Å². The molecule has 9 N–H and O–H groups in total. The van der Waals surface area contributed by atoms with Crippen molar-refractivity contribution in [1.82, 2.24) is 35.2 Å². The summed E-state index contributed by atoms with van der Waals surface area (Å²) in [6, 6.07) is 32.0. The molecule has 0 aliphatic heterocycles. The van der Waals surface area contributed by atoms with Crippen LogP contribution >= 0.6 is 11.6 Å². The van der Waals surface area contributed by atoms with Crippen LogP contribution < -0.4 is 52.1 Å². The third-order valence-electron chi connectivity index (χ3n) is 10.9. The molecule has 16 nitrogen and oxygen atoms in total. The van der Waals surface area contributed by atoms with E-state index < -0.39 is 0 Å². The fourth-order valence-corrected chi connectivity index (χ4v) is 7.90. The molecular weight excluding hydrogens is 868 g/mol. The molecule has 0 spiro atoms. The van der Waals surface area contributed by atoms with Crippen LogP contribution in [0, 0.1) is 13.8 Å². The van der Waals surface area contributed by atoms with E-state index in [9.17, 15) is 0 Å². The van der Waals surface area contributed by atoms with Crippen LogP contribution in [0.3, 0.4) is 0 Å². The van der Waals surface area contributed by atoms with E-state index in [-0.39, 0.29) is 11.9 Å². The molecule has 8 aromatic rings. The zero-order valence-corrected chi connectivity index (χ0v) is 39.8. The highest BCUT2D eigenvalue weighted by Crippen LogP contribution is 2.34. The molecule has 0 saturated heterocycles. The number of nitrogen functional groups attached to an aromatic ring is 4. The van der Waals surface area contributed by atoms with E-state index in [1.54, 1.807) is 28.4 Å². The van der Waals surface area contributed by atoms with Gasteiger partial charge in [-0.05, 0) is 84.1 Å². The molecule has 4 heterocycles. The van der Waals surface area contributed by atoms with Crippen LogP contribution in [-0.2, 0) is 25.9 Å². The van der Waals surface area contributed by atoms with Crippen LogP contribution in [0.1, 0.15) is 44.5 Å². The molecule has 4 aromatic carbocycles. The number of anilines is 5. The lowest BCUT2D eigenvalue weighted by Gasteiger charge is -2.24. The molecule has 0 atom stereocenters. The maximum Gasteiger partial charge on any atom is 0.224 e. The minimum atomic E-state index is 0.0961. The number of methoxy groups -OCH3 is 4. The number of aromatic nitrogens is 6. The van der Waals surface area contributed by atoms with Crippen molar-refractivity contribution in [2.75, 3.05) is 70.4 Å². The van der Waals surface area contributed by atoms with Gasteiger partial charge in [0.15, 0.2) is 11.3 Å². The Morgan fingerprint density at radius 3 is 1.40 bits per heavy atom. The number of hydrogen-bond acceptors (Lipinski definition) is 16. The number of nitrogens with zero attached hydrogens (tertiary/aromatic N) is 7. The van der Waals surface area contributed by atoms with Gasteiger partial charge in [-0.2, -0.15) is 19.9 Å². The third kappa shape index (κ3) is 12.2. The molecule has 67 heavy (non-hydrogen) atoms. The van der Waals surface area contributed by atoms with Crippen molar-refractivity contribution in [3.63, 3.8) is 0 Å². The Morgan fingerprint density at radius 1 is 0.537 bits per heavy atom. The molecule has 8 rings (SSSR count). The molecule has 0 unspecified atom stereocenters. The maximum absolute atomic E-state index is 6.31. The summed E-state index contributed by atoms with van der Waals surface area (Å²) in [5, 5.41) is 4.93. The van der Waals surface area contributed by atoms with Gasteiger partial charge in [-0.25, -0.2) is 9.97 Å². The van der Waals surface area contributed by atoms with E-state index in [4.69, 9.17) is 58.5 Å². The second kappa shape index (κ2) is 22.5. The highest BCUT2D eigenvalue weighted by Gasteiger charge is 2.21. The lowest BCUT2D eigenvalue weighted by molar-refractivity contribution is 0.393. The van der Waals surface area contributed by atoms with E-state index in [1.807, 2.05) is 113 Å². The normalized spacial score (nSPS) is 10.7. The quantitative estimate of drug-likeness (QED) is 0.0691. The van der Waals surface area contributed by atoms with Gasteiger partial charge in [0.25, 0.3) is 0 Å². The molecule has 0 saturated carbocycles. The lowest BCUT2D eigenvalue weighted by Crippen LogP contribution is -2.21. The predicted molar refractivity (Wildman–Crippen MR) is 269 cm³/mol. The van der Waals surface area contributed by atoms with Gasteiger partial charge in [0, 0.05) is 50.7 Å². The molecule has 0 fully saturated rings. The number of halogens is 1. The fourth-order valence-electron chi connectivity index (χ4n) is 7.61. The van der Waals surface area contributed by atoms with Gasteiger partial charge in [-0.1, -0.05) is 72.3 Å². The zero-order chi connectivity index (χ0) is 48.2. The van der Waals surface area contributed by atoms with Gasteiger partial charge in [0.1, 0.15) is 45.6 Å². The zero-order valence-electron chi connectivity index (χ0n) is 39.0. The Labute approximate surface area is 395 Å². The van der Waals surface area contributed by atoms with Crippen LogP contribution in [0.15, 0.2) is 97.1 Å². The molecule has 0 aliphatic carbocycles. The van der Waals surface area contributed by atoms with Crippen molar-refractivity contribution < 1.29 is 18.9 Å². The van der Waals surface area contributed by atoms with Crippen LogP contribution in [0.4, 0.5) is 29.4 Å². The minimum Gasteiger partial charge on any atom is -0.497 e. The summed E-state index contributed by atoms with van der Waals surface area (Å²) in [6.45, 7) is 5.38. The van der Waals surface area contributed by atoms with Crippen molar-refractivity contribution in [2.45, 2.75) is 39.8 Å². The van der Waals surface area contributed by atoms with Gasteiger partial charge in [-0.15, -0.1) is 0 Å². The second-order valence-electron chi connectivity index (χ2n) is 15.5. The summed E-state index contributed by atoms with van der Waals surface area (Å²) in [5.74, 6) is 4.79. The standard InChI is InChI=1S/C25H28N6O2.C15H14ClN5.C10H15NO2/c1-15-20(12-16-8-6-5-7-9-16)24(29-23-21(15)22(26)28-25(27)30-23)31(2)14-17-10-18(32-3)13-19(11-17)33-4;1-8-10(7-9-5-3-2-4-6-9)12(16)19-14-11(8)13(17)20-15(18)21-14;1-11-7-8-4-9(12-2)6-10(5-8)13-3/h5-11,13H,12,14H2,1-4H3,(H4,26,27,28,29,30);2-6H,7H2,1H3,(H4,17,18,19,20,21);4-6,11H,7H2,1-3H3. The number of pyridine rings is 2. The van der Waals surface area contributed by atoms with E-state index >= 15 is 0 Å². The van der Waals surface area contributed by atoms with E-state index in [2.05, 4.69) is 47.3 Å². The first-order valence-electron chi connectivity index (χ1n) is 21.2. The van der Waals surface area contributed by atoms with Gasteiger partial charge in [-0.3, -0.25) is 0 Å². The predicted octanol–water partition coefficient (Wildman–Crippen LogP) is 7.91. The largest absolute Gasteiger partial charge is 0.497 e. The highest BCUT2D eigenvalue weighted by molar-refractivity contribution is 6.30. The number of nitrogens with one attached hydrogen (secondary N) is 1. The van der Waals surface area contributed by atoms with Crippen LogP contribution in [-0.4, -0.2) is 72.4 Å². The monoisotopic (exact) mass is 924 g/mol. The highest BCUT2D eigenvalue weighted by atomic mass is 35.5. The van der Waals surface area contributed by atoms with E-state index in [0.717, 1.165) is 79.7 Å². The number of rotatable bonds is 13. The molecule has 0 aliphatic rings.